The van der Waals surface area contributed by atoms with E-state index in [2.05, 4.69) is 37.1 Å². The zero-order valence-electron chi connectivity index (χ0n) is 10.4. The van der Waals surface area contributed by atoms with Gasteiger partial charge in [-0.2, -0.15) is 0 Å². The van der Waals surface area contributed by atoms with Crippen molar-refractivity contribution in [3.05, 3.63) is 11.6 Å². The molecule has 15 heavy (non-hydrogen) atoms. The minimum Gasteiger partial charge on any atom is -0.354 e. The number of nitrogens with zero attached hydrogens (tertiary/aromatic N) is 1. The van der Waals surface area contributed by atoms with Crippen LogP contribution in [0.1, 0.15) is 27.7 Å². The molecule has 0 unspecified atom stereocenters. The Balaban J connectivity index is 2.63. The second-order valence-corrected chi connectivity index (χ2v) is 5.28. The molecule has 1 saturated heterocycles. The highest BCUT2D eigenvalue weighted by molar-refractivity contribution is 5.95. The van der Waals surface area contributed by atoms with Gasteiger partial charge in [0.15, 0.2) is 0 Å². The molecule has 3 heteroatoms. The molecule has 1 fully saturated rings. The molecule has 0 radical (unpaired) electrons. The van der Waals surface area contributed by atoms with Crippen LogP contribution in [0.15, 0.2) is 11.6 Å². The van der Waals surface area contributed by atoms with Crippen LogP contribution in [0.3, 0.4) is 0 Å². The van der Waals surface area contributed by atoms with E-state index in [9.17, 15) is 0 Å². The zero-order chi connectivity index (χ0) is 11.5. The van der Waals surface area contributed by atoms with Gasteiger partial charge in [0.25, 0.3) is 0 Å². The molecule has 0 aliphatic carbocycles. The van der Waals surface area contributed by atoms with Gasteiger partial charge in [0, 0.05) is 26.2 Å². The highest BCUT2D eigenvalue weighted by atomic mass is 15.2. The van der Waals surface area contributed by atoms with E-state index in [4.69, 9.17) is 5.41 Å². The summed E-state index contributed by atoms with van der Waals surface area (Å²) in [5.74, 6) is 0.687. The first-order chi connectivity index (χ1) is 6.90. The van der Waals surface area contributed by atoms with E-state index in [-0.39, 0.29) is 5.41 Å². The first-order valence-electron chi connectivity index (χ1n) is 5.64. The Morgan fingerprint density at radius 1 is 1.27 bits per heavy atom. The maximum atomic E-state index is 8.10. The van der Waals surface area contributed by atoms with Crippen molar-refractivity contribution in [2.24, 2.45) is 5.41 Å². The molecule has 1 heterocycles. The lowest BCUT2D eigenvalue weighted by molar-refractivity contribution is 0.355. The zero-order valence-corrected chi connectivity index (χ0v) is 10.4. The largest absolute Gasteiger partial charge is 0.354 e. The maximum Gasteiger partial charge on any atom is 0.123 e. The van der Waals surface area contributed by atoms with E-state index in [1.54, 1.807) is 0 Å². The van der Waals surface area contributed by atoms with Crippen molar-refractivity contribution in [2.45, 2.75) is 27.7 Å². The lowest BCUT2D eigenvalue weighted by Gasteiger charge is -2.30. The molecule has 0 atom stereocenters. The Morgan fingerprint density at radius 2 is 1.80 bits per heavy atom. The Bertz CT molecular complexity index is 255. The second kappa shape index (κ2) is 4.79. The van der Waals surface area contributed by atoms with Crippen LogP contribution in [0.5, 0.6) is 0 Å². The molecule has 0 saturated carbocycles. The monoisotopic (exact) mass is 209 g/mol. The lowest BCUT2D eigenvalue weighted by Crippen LogP contribution is -2.46. The summed E-state index contributed by atoms with van der Waals surface area (Å²) >= 11 is 0. The van der Waals surface area contributed by atoms with Crippen LogP contribution in [-0.2, 0) is 0 Å². The molecule has 0 aromatic carbocycles. The van der Waals surface area contributed by atoms with Gasteiger partial charge in [0.05, 0.1) is 0 Å². The van der Waals surface area contributed by atoms with Crippen molar-refractivity contribution < 1.29 is 0 Å². The van der Waals surface area contributed by atoms with Gasteiger partial charge in [-0.3, -0.25) is 5.41 Å². The third kappa shape index (κ3) is 4.04. The van der Waals surface area contributed by atoms with Gasteiger partial charge in [-0.1, -0.05) is 26.8 Å². The van der Waals surface area contributed by atoms with Crippen molar-refractivity contribution in [1.82, 2.24) is 10.2 Å². The summed E-state index contributed by atoms with van der Waals surface area (Å²) in [5.41, 5.74) is 1.24. The summed E-state index contributed by atoms with van der Waals surface area (Å²) in [7, 11) is 0. The van der Waals surface area contributed by atoms with Gasteiger partial charge >= 0.3 is 0 Å². The van der Waals surface area contributed by atoms with E-state index in [1.807, 2.05) is 6.92 Å². The first-order valence-corrected chi connectivity index (χ1v) is 5.64. The van der Waals surface area contributed by atoms with Crippen LogP contribution in [0.4, 0.5) is 0 Å². The molecular weight excluding hydrogens is 186 g/mol. The van der Waals surface area contributed by atoms with Crippen LogP contribution in [-0.4, -0.2) is 36.9 Å². The summed E-state index contributed by atoms with van der Waals surface area (Å²) in [4.78, 5) is 2.15. The average molecular weight is 209 g/mol. The van der Waals surface area contributed by atoms with E-state index < -0.39 is 0 Å². The molecule has 0 aromatic rings. The molecule has 1 rings (SSSR count). The van der Waals surface area contributed by atoms with E-state index in [1.165, 1.54) is 0 Å². The Kier molecular flexibility index (Phi) is 3.91. The fourth-order valence-electron chi connectivity index (χ4n) is 1.86. The number of nitrogens with one attached hydrogen (secondary N) is 2. The number of allylic oxidation sites excluding steroid dienone is 1. The van der Waals surface area contributed by atoms with Crippen molar-refractivity contribution >= 4 is 5.84 Å². The summed E-state index contributed by atoms with van der Waals surface area (Å²) in [6.45, 7) is 12.4. The maximum absolute atomic E-state index is 8.10. The minimum atomic E-state index is 0.157. The van der Waals surface area contributed by atoms with E-state index >= 15 is 0 Å². The van der Waals surface area contributed by atoms with Crippen LogP contribution in [0.25, 0.3) is 0 Å². The second-order valence-electron chi connectivity index (χ2n) is 5.28. The van der Waals surface area contributed by atoms with Gasteiger partial charge in [-0.05, 0) is 17.9 Å². The molecule has 2 N–H and O–H groups in total. The smallest absolute Gasteiger partial charge is 0.123 e. The molecule has 0 aromatic heterocycles. The van der Waals surface area contributed by atoms with Gasteiger partial charge in [-0.25, -0.2) is 0 Å². The number of rotatable bonds is 1. The fraction of sp³-hybridized carbons (Fsp3) is 0.750. The Hall–Kier alpha value is -0.830. The summed E-state index contributed by atoms with van der Waals surface area (Å²) in [5, 5.41) is 11.4. The van der Waals surface area contributed by atoms with E-state index in [0.717, 1.165) is 31.8 Å². The predicted molar refractivity (Wildman–Crippen MR) is 65.4 cm³/mol. The molecular formula is C12H23N3. The molecule has 0 amide bonds. The van der Waals surface area contributed by atoms with Gasteiger partial charge in [0.2, 0.25) is 0 Å². The standard InChI is InChI=1S/C12H23N3/c1-10(9-12(2,3)4)11(13)15-7-5-14-6-8-15/h9,13-14H,5-8H2,1-4H3/b10-9-,13-11?. The van der Waals surface area contributed by atoms with Crippen LogP contribution in [0.2, 0.25) is 0 Å². The predicted octanol–water partition coefficient (Wildman–Crippen LogP) is 1.86. The number of hydrogen-bond acceptors (Lipinski definition) is 2. The lowest BCUT2D eigenvalue weighted by atomic mass is 9.93. The highest BCUT2D eigenvalue weighted by Crippen LogP contribution is 2.18. The van der Waals surface area contributed by atoms with Crippen molar-refractivity contribution in [3.63, 3.8) is 0 Å². The number of piperazine rings is 1. The molecule has 86 valence electrons. The average Bonchev–Trinajstić information content (AvgIpc) is 2.15. The molecule has 1 aliphatic heterocycles. The van der Waals surface area contributed by atoms with Crippen molar-refractivity contribution in [3.8, 4) is 0 Å². The molecule has 0 spiro atoms. The Morgan fingerprint density at radius 3 is 2.27 bits per heavy atom. The van der Waals surface area contributed by atoms with E-state index in [0.29, 0.717) is 5.84 Å². The summed E-state index contributed by atoms with van der Waals surface area (Å²) in [6.07, 6.45) is 2.18. The number of hydrogen-bond donors (Lipinski definition) is 2. The third-order valence-electron chi connectivity index (χ3n) is 2.46. The summed E-state index contributed by atoms with van der Waals surface area (Å²) < 4.78 is 0. The minimum absolute atomic E-state index is 0.157. The fourth-order valence-corrected chi connectivity index (χ4v) is 1.86. The first kappa shape index (κ1) is 12.2. The molecule has 0 bridgehead atoms. The van der Waals surface area contributed by atoms with Gasteiger partial charge in [-0.15, -0.1) is 0 Å². The highest BCUT2D eigenvalue weighted by Gasteiger charge is 2.16. The van der Waals surface area contributed by atoms with Crippen LogP contribution >= 0.6 is 0 Å². The SMILES string of the molecule is C/C(=C/C(C)(C)C)C(=N)N1CCNCC1. The normalized spacial score (nSPS) is 19.2. The molecule has 3 nitrogen and oxygen atoms in total. The van der Waals surface area contributed by atoms with Crippen LogP contribution in [0, 0.1) is 10.8 Å². The quantitative estimate of drug-likeness (QED) is 0.511. The Labute approximate surface area is 93.1 Å². The molecule has 1 aliphatic rings. The summed E-state index contributed by atoms with van der Waals surface area (Å²) in [6, 6.07) is 0. The van der Waals surface area contributed by atoms with Gasteiger partial charge in [0.1, 0.15) is 5.84 Å². The topological polar surface area (TPSA) is 39.1 Å². The van der Waals surface area contributed by atoms with Crippen LogP contribution < -0.4 is 5.32 Å². The number of amidine groups is 1. The third-order valence-corrected chi connectivity index (χ3v) is 2.46. The van der Waals surface area contributed by atoms with Gasteiger partial charge < -0.3 is 10.2 Å². The van der Waals surface area contributed by atoms with Crippen molar-refractivity contribution in [2.75, 3.05) is 26.2 Å². The van der Waals surface area contributed by atoms with Crippen molar-refractivity contribution in [1.29, 1.82) is 5.41 Å².